The molecule has 0 bridgehead atoms. The Balaban J connectivity index is 4.62. The number of carbonyl (C=O) groups excluding carboxylic acids is 2. The van der Waals surface area contributed by atoms with E-state index in [1.165, 1.54) is 83.5 Å². The molecule has 51 heavy (non-hydrogen) atoms. The van der Waals surface area contributed by atoms with Crippen molar-refractivity contribution >= 4 is 22.0 Å². The van der Waals surface area contributed by atoms with Crippen LogP contribution < -0.4 is 5.32 Å². The zero-order chi connectivity index (χ0) is 37.7. The maximum Gasteiger partial charge on any atom is 0.399 e. The highest BCUT2D eigenvalue weighted by Crippen LogP contribution is 2.24. The molecule has 0 aliphatic carbocycles. The van der Waals surface area contributed by atoms with Crippen LogP contribution in [-0.2, 0) is 24.2 Å². The molecule has 0 heterocycles. The first-order valence-corrected chi connectivity index (χ1v) is 22.8. The largest absolute Gasteiger partial charge is 0.399 e. The highest BCUT2D eigenvalue weighted by Gasteiger charge is 2.44. The quantitative estimate of drug-likeness (QED) is 0.0278. The van der Waals surface area contributed by atoms with Crippen LogP contribution in [0.2, 0.25) is 0 Å². The summed E-state index contributed by atoms with van der Waals surface area (Å²) in [7, 11) is -4.97. The summed E-state index contributed by atoms with van der Waals surface area (Å²) in [6.45, 7) is 6.87. The summed E-state index contributed by atoms with van der Waals surface area (Å²) in [5, 5.41) is 2.97. The van der Waals surface area contributed by atoms with Crippen molar-refractivity contribution < 1.29 is 26.7 Å². The number of hydrogen-bond acceptors (Lipinski definition) is 6. The monoisotopic (exact) mass is 740 g/mol. The molecule has 0 fully saturated rings. The van der Waals surface area contributed by atoms with E-state index in [0.717, 1.165) is 83.5 Å². The second-order valence-corrected chi connectivity index (χ2v) is 15.8. The number of nitrogens with one attached hydrogen (secondary N) is 1. The van der Waals surface area contributed by atoms with E-state index in [0.29, 0.717) is 25.8 Å². The van der Waals surface area contributed by atoms with E-state index in [2.05, 4.69) is 50.4 Å². The number of allylic oxidation sites excluding steroid dienone is 4. The van der Waals surface area contributed by atoms with E-state index < -0.39 is 28.3 Å². The molecule has 0 radical (unpaired) electrons. The zero-order valence-corrected chi connectivity index (χ0v) is 34.4. The van der Waals surface area contributed by atoms with Gasteiger partial charge in [-0.3, -0.25) is 19.5 Å². The maximum absolute atomic E-state index is 13.6. The van der Waals surface area contributed by atoms with E-state index in [9.17, 15) is 22.6 Å². The fourth-order valence-corrected chi connectivity index (χ4v) is 7.10. The van der Waals surface area contributed by atoms with Gasteiger partial charge in [-0.2, -0.15) is 8.42 Å². The highest BCUT2D eigenvalue weighted by molar-refractivity contribution is 7.81. The molecule has 1 unspecified atom stereocenters. The molecular formula is C43H81NO6S. The number of rotatable bonds is 40. The number of hydrogen-bond donors (Lipinski definition) is 2. The fourth-order valence-electron chi connectivity index (χ4n) is 6.53. The smallest absolute Gasteiger partial charge is 0.300 e. The lowest BCUT2D eigenvalue weighted by Crippen LogP contribution is -2.56. The van der Waals surface area contributed by atoms with E-state index in [-0.39, 0.29) is 18.6 Å². The molecule has 0 aromatic carbocycles. The summed E-state index contributed by atoms with van der Waals surface area (Å²) < 4.78 is 38.7. The topological polar surface area (TPSA) is 110 Å². The van der Waals surface area contributed by atoms with Crippen molar-refractivity contribution in [2.75, 3.05) is 6.54 Å². The van der Waals surface area contributed by atoms with Gasteiger partial charge in [0, 0.05) is 12.8 Å². The van der Waals surface area contributed by atoms with E-state index >= 15 is 0 Å². The van der Waals surface area contributed by atoms with Gasteiger partial charge in [-0.05, 0) is 77.2 Å². The first-order chi connectivity index (χ1) is 24.7. The summed E-state index contributed by atoms with van der Waals surface area (Å²) in [5.74, 6) is -0.704. The van der Waals surface area contributed by atoms with Gasteiger partial charge in [0.05, 0.1) is 6.42 Å². The second-order valence-electron chi connectivity index (χ2n) is 14.8. The average molecular weight is 740 g/mol. The van der Waals surface area contributed by atoms with Crippen LogP contribution in [0.5, 0.6) is 0 Å². The standard InChI is InChI=1S/C43H81NO6S/c1-4-7-10-12-14-16-18-20-22-24-26-28-30-32-34-37-41(45)40-43(50-51(47,48)49,44-39-36-9-6-3)42(46)38-35-33-31-29-27-25-23-21-19-17-15-13-11-8-5-2/h20-23,44H,4-19,24-40H2,1-3H3,(H,47,48,49)/b22-20-,23-21-. The summed E-state index contributed by atoms with van der Waals surface area (Å²) in [4.78, 5) is 26.7. The van der Waals surface area contributed by atoms with Gasteiger partial charge in [0.1, 0.15) is 5.78 Å². The molecule has 7 nitrogen and oxygen atoms in total. The molecule has 0 saturated carbocycles. The average Bonchev–Trinajstić information content (AvgIpc) is 3.09. The molecule has 0 amide bonds. The van der Waals surface area contributed by atoms with Crippen LogP contribution in [0.4, 0.5) is 0 Å². The third kappa shape index (κ3) is 33.0. The van der Waals surface area contributed by atoms with Gasteiger partial charge >= 0.3 is 10.4 Å². The third-order valence-electron chi connectivity index (χ3n) is 9.72. The van der Waals surface area contributed by atoms with Gasteiger partial charge in [-0.15, -0.1) is 0 Å². The molecule has 0 rings (SSSR count). The Kier molecular flexibility index (Phi) is 34.7. The minimum atomic E-state index is -4.97. The van der Waals surface area contributed by atoms with Crippen molar-refractivity contribution in [1.29, 1.82) is 0 Å². The molecule has 0 spiro atoms. The fraction of sp³-hybridized carbons (Fsp3) is 0.860. The zero-order valence-electron chi connectivity index (χ0n) is 33.5. The van der Waals surface area contributed by atoms with E-state index in [1.54, 1.807) is 0 Å². The molecule has 2 N–H and O–H groups in total. The van der Waals surface area contributed by atoms with Crippen LogP contribution in [0, 0.1) is 0 Å². The highest BCUT2D eigenvalue weighted by atomic mass is 32.3. The lowest BCUT2D eigenvalue weighted by molar-refractivity contribution is -0.143. The Hall–Kier alpha value is -1.35. The lowest BCUT2D eigenvalue weighted by Gasteiger charge is -2.31. The van der Waals surface area contributed by atoms with Gasteiger partial charge < -0.3 is 0 Å². The van der Waals surface area contributed by atoms with Crippen molar-refractivity contribution in [2.45, 2.75) is 232 Å². The van der Waals surface area contributed by atoms with Crippen molar-refractivity contribution in [2.24, 2.45) is 0 Å². The van der Waals surface area contributed by atoms with E-state index in [4.69, 9.17) is 4.18 Å². The minimum Gasteiger partial charge on any atom is -0.300 e. The third-order valence-corrected chi connectivity index (χ3v) is 10.2. The van der Waals surface area contributed by atoms with Crippen LogP contribution >= 0.6 is 0 Å². The number of carbonyl (C=O) groups is 2. The van der Waals surface area contributed by atoms with Gasteiger partial charge in [0.15, 0.2) is 5.78 Å². The molecule has 0 aromatic rings. The molecule has 0 aromatic heterocycles. The van der Waals surface area contributed by atoms with Gasteiger partial charge in [-0.25, -0.2) is 4.18 Å². The van der Waals surface area contributed by atoms with Crippen LogP contribution in [-0.4, -0.2) is 36.8 Å². The normalized spacial score (nSPS) is 13.4. The van der Waals surface area contributed by atoms with Crippen LogP contribution in [0.3, 0.4) is 0 Å². The molecular weight excluding hydrogens is 659 g/mol. The number of ketones is 2. The predicted molar refractivity (Wildman–Crippen MR) is 216 cm³/mol. The predicted octanol–water partition coefficient (Wildman–Crippen LogP) is 12.9. The van der Waals surface area contributed by atoms with Crippen LogP contribution in [0.15, 0.2) is 24.3 Å². The van der Waals surface area contributed by atoms with Crippen molar-refractivity contribution in [1.82, 2.24) is 5.32 Å². The summed E-state index contributed by atoms with van der Waals surface area (Å²) in [6, 6.07) is 0. The lowest BCUT2D eigenvalue weighted by atomic mass is 9.94. The first-order valence-electron chi connectivity index (χ1n) is 21.5. The Morgan fingerprint density at radius 2 is 0.882 bits per heavy atom. The van der Waals surface area contributed by atoms with Crippen molar-refractivity contribution in [3.05, 3.63) is 24.3 Å². The van der Waals surface area contributed by atoms with Gasteiger partial charge in [0.2, 0.25) is 5.72 Å². The Morgan fingerprint density at radius 3 is 1.29 bits per heavy atom. The molecule has 0 aliphatic rings. The first kappa shape index (κ1) is 49.6. The van der Waals surface area contributed by atoms with Crippen LogP contribution in [0.1, 0.15) is 226 Å². The molecule has 1 atom stereocenters. The van der Waals surface area contributed by atoms with Gasteiger partial charge in [-0.1, -0.05) is 161 Å². The maximum atomic E-state index is 13.6. The Labute approximate surface area is 316 Å². The Bertz CT molecular complexity index is 979. The Morgan fingerprint density at radius 1 is 0.529 bits per heavy atom. The molecule has 0 saturated heterocycles. The minimum absolute atomic E-state index is 0.0924. The van der Waals surface area contributed by atoms with Crippen molar-refractivity contribution in [3.63, 3.8) is 0 Å². The summed E-state index contributed by atoms with van der Waals surface area (Å²) in [5.41, 5.74) is -2.05. The molecule has 8 heteroatoms. The SMILES string of the molecule is CCCCCCCC/C=C\CCCCCCCC(=O)CC(NCCCCC)(OS(=O)(=O)O)C(=O)CCCCCCC/C=C\CCCCCCCC. The molecule has 0 aliphatic heterocycles. The van der Waals surface area contributed by atoms with E-state index in [1.807, 2.05) is 0 Å². The summed E-state index contributed by atoms with van der Waals surface area (Å²) >= 11 is 0. The van der Waals surface area contributed by atoms with Crippen LogP contribution in [0.25, 0.3) is 0 Å². The number of Topliss-reactive ketones (excluding diaryl/α,β-unsaturated/α-hetero) is 2. The molecule has 300 valence electrons. The van der Waals surface area contributed by atoms with Crippen molar-refractivity contribution in [3.8, 4) is 0 Å². The summed E-state index contributed by atoms with van der Waals surface area (Å²) in [6.07, 6.45) is 41.5. The van der Waals surface area contributed by atoms with Gasteiger partial charge in [0.25, 0.3) is 0 Å². The second kappa shape index (κ2) is 35.7. The number of unbranched alkanes of at least 4 members (excludes halogenated alkanes) is 24.